The van der Waals surface area contributed by atoms with Gasteiger partial charge in [-0.25, -0.2) is 22.2 Å². The summed E-state index contributed by atoms with van der Waals surface area (Å²) in [6.07, 6.45) is 2.47. The average molecular weight is 452 g/mol. The number of fused-ring (bicyclic) bond motifs is 1. The molecule has 0 radical (unpaired) electrons. The van der Waals surface area contributed by atoms with Crippen LogP contribution < -0.4 is 16.6 Å². The summed E-state index contributed by atoms with van der Waals surface area (Å²) in [7, 11) is -3.24. The molecule has 0 saturated heterocycles. The number of aromatic nitrogens is 2. The Kier molecular flexibility index (Phi) is 5.93. The van der Waals surface area contributed by atoms with E-state index in [9.17, 15) is 32.0 Å². The number of hydrogen-bond donors (Lipinski definition) is 3. The quantitative estimate of drug-likeness (QED) is 0.474. The average Bonchev–Trinajstić information content (AvgIpc) is 2.69. The zero-order valence-electron chi connectivity index (χ0n) is 16.2. The van der Waals surface area contributed by atoms with Crippen molar-refractivity contribution >= 4 is 32.5 Å². The van der Waals surface area contributed by atoms with Gasteiger partial charge in [0, 0.05) is 36.0 Å². The van der Waals surface area contributed by atoms with Crippen molar-refractivity contribution in [2.24, 2.45) is 0 Å². The monoisotopic (exact) mass is 452 g/mol. The zero-order chi connectivity index (χ0) is 22.9. The molecule has 3 aromatic rings. The van der Waals surface area contributed by atoms with Crippen LogP contribution in [0.5, 0.6) is 0 Å². The van der Waals surface area contributed by atoms with Crippen molar-refractivity contribution in [2.75, 3.05) is 17.7 Å². The Bertz CT molecular complexity index is 1360. The van der Waals surface area contributed by atoms with Crippen molar-refractivity contribution in [1.29, 1.82) is 0 Å². The molecule has 2 heterocycles. The third-order valence-corrected chi connectivity index (χ3v) is 5.48. The number of nitrogen functional groups attached to an aromatic ring is 1. The van der Waals surface area contributed by atoms with Crippen molar-refractivity contribution in [3.8, 4) is 0 Å². The molecule has 0 saturated carbocycles. The molecule has 0 atom stereocenters. The van der Waals surface area contributed by atoms with Crippen LogP contribution in [0.25, 0.3) is 11.0 Å². The van der Waals surface area contributed by atoms with Crippen LogP contribution in [-0.2, 0) is 22.8 Å². The topological polar surface area (TPSA) is 144 Å². The van der Waals surface area contributed by atoms with Crippen LogP contribution in [0.2, 0.25) is 0 Å². The van der Waals surface area contributed by atoms with Crippen LogP contribution in [0, 0.1) is 11.6 Å². The molecule has 0 unspecified atom stereocenters. The summed E-state index contributed by atoms with van der Waals surface area (Å²) in [6, 6.07) is 4.22. The van der Waals surface area contributed by atoms with Gasteiger partial charge in [-0.05, 0) is 24.1 Å². The number of nitrogens with one attached hydrogen (secondary N) is 1. The van der Waals surface area contributed by atoms with Crippen molar-refractivity contribution in [1.82, 2.24) is 15.0 Å². The zero-order valence-corrected chi connectivity index (χ0v) is 17.0. The highest BCUT2D eigenvalue weighted by atomic mass is 32.2. The van der Waals surface area contributed by atoms with Crippen molar-refractivity contribution in [3.05, 3.63) is 69.1 Å². The Balaban J connectivity index is 1.96. The Morgan fingerprint density at radius 1 is 1.29 bits per heavy atom. The van der Waals surface area contributed by atoms with E-state index in [2.05, 4.69) is 10.3 Å². The smallest absolute Gasteiger partial charge is 0.299 e. The van der Waals surface area contributed by atoms with Gasteiger partial charge in [-0.3, -0.25) is 9.59 Å². The Morgan fingerprint density at radius 3 is 2.65 bits per heavy atom. The third kappa shape index (κ3) is 4.79. The van der Waals surface area contributed by atoms with Gasteiger partial charge in [0.05, 0.1) is 11.4 Å². The number of halogens is 2. The van der Waals surface area contributed by atoms with Crippen LogP contribution in [0.15, 0.2) is 35.3 Å². The molecule has 1 amide bonds. The van der Waals surface area contributed by atoms with Gasteiger partial charge in [0.15, 0.2) is 5.65 Å². The molecule has 164 valence electrons. The number of nitrogens with two attached hydrogens (primary N) is 1. The summed E-state index contributed by atoms with van der Waals surface area (Å²) in [4.78, 5) is 28.9. The second-order valence-corrected chi connectivity index (χ2v) is 9.18. The number of nitrogens with zero attached hydrogens (tertiary/aromatic N) is 2. The highest BCUT2D eigenvalue weighted by Crippen LogP contribution is 2.22. The molecule has 0 bridgehead atoms. The van der Waals surface area contributed by atoms with Gasteiger partial charge in [0.25, 0.3) is 11.5 Å². The molecule has 4 N–H and O–H groups in total. The summed E-state index contributed by atoms with van der Waals surface area (Å²) in [5.41, 5.74) is 4.19. The van der Waals surface area contributed by atoms with Crippen molar-refractivity contribution in [2.45, 2.75) is 13.0 Å². The molecule has 2 aromatic heterocycles. The standard InChI is InChI=1S/C19H18F2N4O5S/c1-31(29,30)5-4-10-6-13-16(22)15(19(27)25(28)17(13)23-8-10)18(26)24-9-11-2-3-12(20)7-14(11)21/h2-3,6-8,28H,4-5,9,22H2,1H3,(H,24,26). The molecule has 0 fully saturated rings. The predicted molar refractivity (Wildman–Crippen MR) is 109 cm³/mol. The second-order valence-electron chi connectivity index (χ2n) is 6.92. The first-order chi connectivity index (χ1) is 14.5. The number of rotatable bonds is 6. The fourth-order valence-electron chi connectivity index (χ4n) is 2.91. The lowest BCUT2D eigenvalue weighted by Gasteiger charge is -2.12. The maximum atomic E-state index is 13.8. The van der Waals surface area contributed by atoms with E-state index in [0.29, 0.717) is 11.6 Å². The van der Waals surface area contributed by atoms with Gasteiger partial charge < -0.3 is 16.3 Å². The van der Waals surface area contributed by atoms with Crippen molar-refractivity contribution in [3.63, 3.8) is 0 Å². The van der Waals surface area contributed by atoms with Crippen LogP contribution in [-0.4, -0.2) is 41.3 Å². The molecule has 3 rings (SSSR count). The van der Waals surface area contributed by atoms with Crippen LogP contribution in [0.4, 0.5) is 14.5 Å². The molecule has 1 aromatic carbocycles. The molecule has 9 nitrogen and oxygen atoms in total. The molecule has 31 heavy (non-hydrogen) atoms. The number of aryl methyl sites for hydroxylation is 1. The van der Waals surface area contributed by atoms with Gasteiger partial charge in [-0.1, -0.05) is 6.07 Å². The maximum Gasteiger partial charge on any atom is 0.299 e. The first kappa shape index (κ1) is 22.2. The van der Waals surface area contributed by atoms with E-state index in [1.807, 2.05) is 0 Å². The normalized spacial score (nSPS) is 11.6. The van der Waals surface area contributed by atoms with E-state index in [1.54, 1.807) is 0 Å². The van der Waals surface area contributed by atoms with Crippen LogP contribution >= 0.6 is 0 Å². The van der Waals surface area contributed by atoms with Gasteiger partial charge in [-0.15, -0.1) is 4.73 Å². The first-order valence-electron chi connectivity index (χ1n) is 8.90. The fourth-order valence-corrected chi connectivity index (χ4v) is 3.51. The minimum atomic E-state index is -3.24. The maximum absolute atomic E-state index is 13.8. The number of amides is 1. The largest absolute Gasteiger partial charge is 0.423 e. The van der Waals surface area contributed by atoms with E-state index < -0.39 is 38.5 Å². The molecule has 12 heteroatoms. The third-order valence-electron chi connectivity index (χ3n) is 4.53. The molecular weight excluding hydrogens is 434 g/mol. The summed E-state index contributed by atoms with van der Waals surface area (Å²) >= 11 is 0. The predicted octanol–water partition coefficient (Wildman–Crippen LogP) is 1.01. The lowest BCUT2D eigenvalue weighted by molar-refractivity contribution is 0.0944. The van der Waals surface area contributed by atoms with Gasteiger partial charge >= 0.3 is 0 Å². The Morgan fingerprint density at radius 2 is 2.00 bits per heavy atom. The molecule has 0 spiro atoms. The number of hydrogen-bond acceptors (Lipinski definition) is 7. The summed E-state index contributed by atoms with van der Waals surface area (Å²) in [6.45, 7) is -0.361. The Labute approximate surface area is 175 Å². The lowest BCUT2D eigenvalue weighted by Crippen LogP contribution is -2.34. The molecule has 0 aliphatic carbocycles. The number of anilines is 1. The van der Waals surface area contributed by atoms with E-state index in [4.69, 9.17) is 5.73 Å². The van der Waals surface area contributed by atoms with Crippen LogP contribution in [0.3, 0.4) is 0 Å². The molecule has 0 aliphatic heterocycles. The second kappa shape index (κ2) is 8.30. The SMILES string of the molecule is CS(=O)(=O)CCc1cnc2c(c1)c(N)c(C(=O)NCc1ccc(F)cc1F)c(=O)n2O. The number of sulfone groups is 1. The summed E-state index contributed by atoms with van der Waals surface area (Å²) in [5, 5.41) is 12.5. The van der Waals surface area contributed by atoms with E-state index in [-0.39, 0.29) is 45.7 Å². The van der Waals surface area contributed by atoms with Gasteiger partial charge in [-0.2, -0.15) is 0 Å². The minimum absolute atomic E-state index is 0.0248. The van der Waals surface area contributed by atoms with Gasteiger partial charge in [0.2, 0.25) is 0 Å². The minimum Gasteiger partial charge on any atom is -0.423 e. The number of carbonyl (C=O) groups is 1. The highest BCUT2D eigenvalue weighted by molar-refractivity contribution is 7.90. The number of carbonyl (C=O) groups excluding carboxylic acids is 1. The van der Waals surface area contributed by atoms with E-state index >= 15 is 0 Å². The Hall–Kier alpha value is -3.54. The fraction of sp³-hybridized carbons (Fsp3) is 0.211. The van der Waals surface area contributed by atoms with Crippen LogP contribution in [0.1, 0.15) is 21.5 Å². The number of pyridine rings is 2. The lowest BCUT2D eigenvalue weighted by atomic mass is 10.1. The molecular formula is C19H18F2N4O5S. The van der Waals surface area contributed by atoms with E-state index in [1.165, 1.54) is 12.3 Å². The van der Waals surface area contributed by atoms with Crippen molar-refractivity contribution < 1.29 is 27.2 Å². The van der Waals surface area contributed by atoms with Gasteiger partial charge in [0.1, 0.15) is 27.0 Å². The number of benzene rings is 1. The summed E-state index contributed by atoms with van der Waals surface area (Å²) in [5.74, 6) is -2.81. The molecule has 0 aliphatic rings. The first-order valence-corrected chi connectivity index (χ1v) is 11.0. The van der Waals surface area contributed by atoms with E-state index in [0.717, 1.165) is 18.4 Å². The highest BCUT2D eigenvalue weighted by Gasteiger charge is 2.22. The summed E-state index contributed by atoms with van der Waals surface area (Å²) < 4.78 is 49.7.